The number of nitrogens with one attached hydrogen (secondary N) is 1. The van der Waals surface area contributed by atoms with Crippen LogP contribution in [-0.2, 0) is 11.3 Å². The minimum absolute atomic E-state index is 0.338. The van der Waals surface area contributed by atoms with Gasteiger partial charge in [-0.3, -0.25) is 0 Å². The van der Waals surface area contributed by atoms with Crippen LogP contribution < -0.4 is 11.1 Å². The molecule has 0 spiro atoms. The van der Waals surface area contributed by atoms with Crippen LogP contribution >= 0.6 is 22.9 Å². The molecule has 0 fully saturated rings. The highest BCUT2D eigenvalue weighted by Gasteiger charge is 2.16. The van der Waals surface area contributed by atoms with E-state index >= 15 is 0 Å². The first-order chi connectivity index (χ1) is 9.52. The zero-order valence-electron chi connectivity index (χ0n) is 11.2. The number of ether oxygens (including phenoxy) is 1. The van der Waals surface area contributed by atoms with E-state index < -0.39 is 5.97 Å². The molecule has 2 rings (SSSR count). The predicted octanol–water partition coefficient (Wildman–Crippen LogP) is 3.69. The molecule has 3 N–H and O–H groups in total. The minimum Gasteiger partial charge on any atom is -0.465 e. The van der Waals surface area contributed by atoms with Gasteiger partial charge in [0.15, 0.2) is 0 Å². The van der Waals surface area contributed by atoms with Crippen LogP contribution in [-0.4, -0.2) is 13.1 Å². The van der Waals surface area contributed by atoms with Gasteiger partial charge in [-0.15, -0.1) is 0 Å². The first-order valence-corrected chi connectivity index (χ1v) is 7.28. The van der Waals surface area contributed by atoms with Gasteiger partial charge in [0.2, 0.25) is 0 Å². The van der Waals surface area contributed by atoms with Crippen molar-refractivity contribution in [3.8, 4) is 0 Å². The van der Waals surface area contributed by atoms with Crippen molar-refractivity contribution in [2.45, 2.75) is 13.5 Å². The monoisotopic (exact) mass is 310 g/mol. The van der Waals surface area contributed by atoms with E-state index in [1.54, 1.807) is 23.5 Å². The van der Waals surface area contributed by atoms with E-state index in [1.807, 2.05) is 6.92 Å². The van der Waals surface area contributed by atoms with Crippen LogP contribution in [0.15, 0.2) is 22.9 Å². The summed E-state index contributed by atoms with van der Waals surface area (Å²) in [5.74, 6) is -0.469. The second kappa shape index (κ2) is 6.15. The summed E-state index contributed by atoms with van der Waals surface area (Å²) in [6, 6.07) is 3.16. The molecule has 0 aliphatic carbocycles. The number of nitrogens with two attached hydrogens (primary N) is 1. The van der Waals surface area contributed by atoms with Crippen molar-refractivity contribution < 1.29 is 9.53 Å². The highest BCUT2D eigenvalue weighted by Crippen LogP contribution is 2.30. The largest absolute Gasteiger partial charge is 0.465 e. The van der Waals surface area contributed by atoms with E-state index in [2.05, 4.69) is 16.1 Å². The summed E-state index contributed by atoms with van der Waals surface area (Å²) in [4.78, 5) is 11.8. The number of hydrogen-bond acceptors (Lipinski definition) is 5. The number of carbonyl (C=O) groups excluding carboxylic acids is 1. The second-order valence-corrected chi connectivity index (χ2v) is 5.50. The molecule has 0 amide bonds. The Kier molecular flexibility index (Phi) is 4.52. The van der Waals surface area contributed by atoms with Gasteiger partial charge in [0.1, 0.15) is 0 Å². The number of benzene rings is 1. The molecule has 20 heavy (non-hydrogen) atoms. The van der Waals surface area contributed by atoms with Gasteiger partial charge >= 0.3 is 5.97 Å². The Bertz CT molecular complexity index is 640. The number of rotatable bonds is 4. The van der Waals surface area contributed by atoms with Gasteiger partial charge in [0.05, 0.1) is 23.4 Å². The number of nitrogen functional groups attached to an aromatic ring is 1. The summed E-state index contributed by atoms with van der Waals surface area (Å²) in [6.07, 6.45) is 0. The Balaban J connectivity index is 2.30. The quantitative estimate of drug-likeness (QED) is 0.667. The highest BCUT2D eigenvalue weighted by molar-refractivity contribution is 7.08. The Hall–Kier alpha value is -1.72. The van der Waals surface area contributed by atoms with E-state index in [-0.39, 0.29) is 0 Å². The van der Waals surface area contributed by atoms with Gasteiger partial charge in [0, 0.05) is 12.2 Å². The maximum Gasteiger partial charge on any atom is 0.340 e. The Labute approximate surface area is 126 Å². The van der Waals surface area contributed by atoms with Crippen molar-refractivity contribution in [3.05, 3.63) is 44.6 Å². The molecule has 0 bridgehead atoms. The van der Waals surface area contributed by atoms with Gasteiger partial charge < -0.3 is 15.8 Å². The number of carbonyl (C=O) groups is 1. The first-order valence-electron chi connectivity index (χ1n) is 5.95. The SMILES string of the molecule is COC(=O)c1cc(N)cc(Cl)c1NCc1cscc1C. The normalized spacial score (nSPS) is 10.3. The minimum atomic E-state index is -0.469. The predicted molar refractivity (Wildman–Crippen MR) is 83.6 cm³/mol. The van der Waals surface area contributed by atoms with Crippen molar-refractivity contribution in [3.63, 3.8) is 0 Å². The van der Waals surface area contributed by atoms with Gasteiger partial charge in [-0.2, -0.15) is 11.3 Å². The van der Waals surface area contributed by atoms with Gasteiger partial charge in [-0.25, -0.2) is 4.79 Å². The molecule has 0 atom stereocenters. The van der Waals surface area contributed by atoms with E-state index in [0.717, 1.165) is 0 Å². The van der Waals surface area contributed by atoms with Crippen molar-refractivity contribution >= 4 is 40.3 Å². The molecule has 0 saturated heterocycles. The molecule has 1 heterocycles. The lowest BCUT2D eigenvalue weighted by Crippen LogP contribution is -2.10. The topological polar surface area (TPSA) is 64.3 Å². The number of thiophene rings is 1. The molecule has 0 saturated carbocycles. The maximum atomic E-state index is 11.8. The van der Waals surface area contributed by atoms with E-state index in [9.17, 15) is 4.79 Å². The summed E-state index contributed by atoms with van der Waals surface area (Å²) in [5, 5.41) is 7.72. The molecule has 2 aromatic rings. The van der Waals surface area contributed by atoms with Crippen molar-refractivity contribution in [2.75, 3.05) is 18.2 Å². The van der Waals surface area contributed by atoms with E-state index in [1.165, 1.54) is 18.2 Å². The maximum absolute atomic E-state index is 11.8. The van der Waals surface area contributed by atoms with E-state index in [0.29, 0.717) is 28.5 Å². The standard InChI is InChI=1S/C14H15ClN2O2S/c1-8-6-20-7-9(8)5-17-13-11(14(18)19-2)3-10(16)4-12(13)15/h3-4,6-7,17H,5,16H2,1-2H3. The fourth-order valence-corrected chi connectivity index (χ4v) is 2.98. The molecule has 1 aromatic carbocycles. The summed E-state index contributed by atoms with van der Waals surface area (Å²) >= 11 is 7.81. The summed E-state index contributed by atoms with van der Waals surface area (Å²) < 4.78 is 4.76. The fraction of sp³-hybridized carbons (Fsp3) is 0.214. The zero-order chi connectivity index (χ0) is 14.7. The molecular weight excluding hydrogens is 296 g/mol. The lowest BCUT2D eigenvalue weighted by molar-refractivity contribution is 0.0602. The first kappa shape index (κ1) is 14.7. The third-order valence-corrected chi connectivity index (χ3v) is 4.14. The van der Waals surface area contributed by atoms with Gasteiger partial charge in [-0.1, -0.05) is 11.6 Å². The second-order valence-electron chi connectivity index (χ2n) is 4.35. The van der Waals surface area contributed by atoms with Crippen molar-refractivity contribution in [1.29, 1.82) is 0 Å². The van der Waals surface area contributed by atoms with Crippen molar-refractivity contribution in [2.24, 2.45) is 0 Å². The van der Waals surface area contributed by atoms with E-state index in [4.69, 9.17) is 22.1 Å². The van der Waals surface area contributed by atoms with Crippen LogP contribution in [0, 0.1) is 6.92 Å². The molecule has 0 aliphatic heterocycles. The van der Waals surface area contributed by atoms with Crippen LogP contribution in [0.4, 0.5) is 11.4 Å². The number of aryl methyl sites for hydroxylation is 1. The highest BCUT2D eigenvalue weighted by atomic mass is 35.5. The van der Waals surface area contributed by atoms with Gasteiger partial charge in [-0.05, 0) is 40.9 Å². The smallest absolute Gasteiger partial charge is 0.340 e. The third kappa shape index (κ3) is 3.05. The molecule has 6 heteroatoms. The molecule has 106 valence electrons. The molecule has 0 radical (unpaired) electrons. The van der Waals surface area contributed by atoms with Crippen LogP contribution in [0.5, 0.6) is 0 Å². The van der Waals surface area contributed by atoms with Crippen molar-refractivity contribution in [1.82, 2.24) is 0 Å². The third-order valence-electron chi connectivity index (χ3n) is 2.94. The average Bonchev–Trinajstić information content (AvgIpc) is 2.81. The Morgan fingerprint density at radius 3 is 2.80 bits per heavy atom. The lowest BCUT2D eigenvalue weighted by atomic mass is 10.1. The number of hydrogen-bond donors (Lipinski definition) is 2. The lowest BCUT2D eigenvalue weighted by Gasteiger charge is -2.13. The summed E-state index contributed by atoms with van der Waals surface area (Å²) in [6.45, 7) is 2.63. The fourth-order valence-electron chi connectivity index (χ4n) is 1.83. The van der Waals surface area contributed by atoms with Gasteiger partial charge in [0.25, 0.3) is 0 Å². The molecule has 1 aromatic heterocycles. The van der Waals surface area contributed by atoms with Crippen LogP contribution in [0.1, 0.15) is 21.5 Å². The number of halogens is 1. The van der Waals surface area contributed by atoms with Crippen LogP contribution in [0.3, 0.4) is 0 Å². The number of anilines is 2. The van der Waals surface area contributed by atoms with Crippen LogP contribution in [0.25, 0.3) is 0 Å². The zero-order valence-corrected chi connectivity index (χ0v) is 12.8. The molecule has 0 unspecified atom stereocenters. The Morgan fingerprint density at radius 1 is 1.45 bits per heavy atom. The Morgan fingerprint density at radius 2 is 2.20 bits per heavy atom. The molecular formula is C14H15ClN2O2S. The molecule has 4 nitrogen and oxygen atoms in total. The summed E-state index contributed by atoms with van der Waals surface area (Å²) in [7, 11) is 1.33. The van der Waals surface area contributed by atoms with Crippen LogP contribution in [0.2, 0.25) is 5.02 Å². The molecule has 0 aliphatic rings. The number of methoxy groups -OCH3 is 1. The number of esters is 1. The summed E-state index contributed by atoms with van der Waals surface area (Å²) in [5.41, 5.74) is 9.39. The average molecular weight is 311 g/mol.